The van der Waals surface area contributed by atoms with Gasteiger partial charge < -0.3 is 15.0 Å². The number of benzene rings is 2. The van der Waals surface area contributed by atoms with Crippen molar-refractivity contribution in [2.75, 3.05) is 31.1 Å². The number of nitrogens with zero attached hydrogens (tertiary/aromatic N) is 2. The highest BCUT2D eigenvalue weighted by Gasteiger charge is 2.34. The molecule has 0 radical (unpaired) electrons. The lowest BCUT2D eigenvalue weighted by atomic mass is 9.95. The molecule has 7 heteroatoms. The molecular weight excluding hydrogens is 426 g/mol. The fourth-order valence-electron chi connectivity index (χ4n) is 4.39. The molecule has 2 aromatic rings. The Morgan fingerprint density at radius 3 is 2.59 bits per heavy atom. The summed E-state index contributed by atoms with van der Waals surface area (Å²) in [7, 11) is 0. The summed E-state index contributed by atoms with van der Waals surface area (Å²) in [5.74, 6) is 0.949. The quantitative estimate of drug-likeness (QED) is 0.728. The lowest BCUT2D eigenvalue weighted by Crippen LogP contribution is -2.52. The Morgan fingerprint density at radius 2 is 1.88 bits per heavy atom. The maximum atomic E-state index is 13.3. The van der Waals surface area contributed by atoms with Crippen LogP contribution < -0.4 is 15.0 Å². The average molecular weight is 456 g/mol. The van der Waals surface area contributed by atoms with E-state index in [4.69, 9.17) is 16.3 Å². The van der Waals surface area contributed by atoms with Crippen molar-refractivity contribution in [1.82, 2.24) is 10.2 Å². The van der Waals surface area contributed by atoms with Gasteiger partial charge in [-0.2, -0.15) is 0 Å². The Kier molecular flexibility index (Phi) is 6.89. The average Bonchev–Trinajstić information content (AvgIpc) is 2.82. The monoisotopic (exact) mass is 455 g/mol. The molecule has 3 amide bonds. The Hall–Kier alpha value is -2.73. The lowest BCUT2D eigenvalue weighted by molar-refractivity contribution is -0.126. The van der Waals surface area contributed by atoms with Crippen molar-refractivity contribution in [2.24, 2.45) is 5.92 Å². The van der Waals surface area contributed by atoms with E-state index in [1.54, 1.807) is 23.1 Å². The van der Waals surface area contributed by atoms with Gasteiger partial charge in [0, 0.05) is 30.6 Å². The highest BCUT2D eigenvalue weighted by molar-refractivity contribution is 6.31. The molecule has 2 heterocycles. The minimum absolute atomic E-state index is 0.0553. The van der Waals surface area contributed by atoms with E-state index in [9.17, 15) is 9.59 Å². The molecule has 2 aliphatic rings. The van der Waals surface area contributed by atoms with Crippen LogP contribution in [-0.4, -0.2) is 49.1 Å². The molecule has 6 nitrogen and oxygen atoms in total. The summed E-state index contributed by atoms with van der Waals surface area (Å²) in [6.45, 7) is 6.28. The number of hydrogen-bond donors (Lipinski definition) is 1. The molecule has 170 valence electrons. The zero-order chi connectivity index (χ0) is 22.7. The van der Waals surface area contributed by atoms with Gasteiger partial charge in [-0.15, -0.1) is 0 Å². The maximum Gasteiger partial charge on any atom is 0.324 e. The van der Waals surface area contributed by atoms with Crippen molar-refractivity contribution in [1.29, 1.82) is 0 Å². The number of likely N-dealkylation sites (tertiary alicyclic amines) is 1. The van der Waals surface area contributed by atoms with E-state index in [-0.39, 0.29) is 29.9 Å². The predicted molar refractivity (Wildman–Crippen MR) is 126 cm³/mol. The maximum absolute atomic E-state index is 13.3. The fraction of sp³-hybridized carbons (Fsp3) is 0.440. The number of fused-ring (bicyclic) bond motifs is 1. The molecule has 0 aliphatic carbocycles. The van der Waals surface area contributed by atoms with E-state index >= 15 is 0 Å². The standard InChI is InChI=1S/C25H30ClN3O3/c1-17(19-6-4-3-5-7-19)15-27-24(30)20-10-12-28(13-11-20)25(31)29-16-18(2)32-23-9-8-21(26)14-22(23)29/h3-9,14,17-18,20H,10-13,15-16H2,1-2H3,(H,27,30)/t17-,18-/m0/s1. The normalized spacial score (nSPS) is 19.7. The van der Waals surface area contributed by atoms with E-state index in [0.717, 1.165) is 0 Å². The molecule has 1 fully saturated rings. The molecule has 1 saturated heterocycles. The second kappa shape index (κ2) is 9.82. The first-order valence-electron chi connectivity index (χ1n) is 11.3. The Morgan fingerprint density at radius 1 is 1.16 bits per heavy atom. The van der Waals surface area contributed by atoms with Crippen LogP contribution >= 0.6 is 11.6 Å². The third-order valence-corrected chi connectivity index (χ3v) is 6.53. The SMILES string of the molecule is C[C@H]1CN(C(=O)N2CCC(C(=O)NC[C@H](C)c3ccccc3)CC2)c2cc(Cl)ccc2O1. The molecule has 32 heavy (non-hydrogen) atoms. The zero-order valence-corrected chi connectivity index (χ0v) is 19.3. The molecular formula is C25H30ClN3O3. The Bertz CT molecular complexity index is 960. The van der Waals surface area contributed by atoms with Crippen LogP contribution in [0.15, 0.2) is 48.5 Å². The van der Waals surface area contributed by atoms with E-state index in [0.29, 0.717) is 55.5 Å². The van der Waals surface area contributed by atoms with Gasteiger partial charge in [-0.05, 0) is 49.4 Å². The van der Waals surface area contributed by atoms with Crippen molar-refractivity contribution >= 4 is 29.2 Å². The number of hydrogen-bond acceptors (Lipinski definition) is 3. The number of carbonyl (C=O) groups excluding carboxylic acids is 2. The van der Waals surface area contributed by atoms with Crippen molar-refractivity contribution in [3.8, 4) is 5.75 Å². The first-order valence-corrected chi connectivity index (χ1v) is 11.7. The molecule has 0 aromatic heterocycles. The number of piperidine rings is 1. The van der Waals surface area contributed by atoms with Crippen molar-refractivity contribution in [3.63, 3.8) is 0 Å². The lowest BCUT2D eigenvalue weighted by Gasteiger charge is -2.39. The predicted octanol–water partition coefficient (Wildman–Crippen LogP) is 4.68. The minimum Gasteiger partial charge on any atom is -0.487 e. The van der Waals surface area contributed by atoms with Gasteiger partial charge in [0.05, 0.1) is 12.2 Å². The highest BCUT2D eigenvalue weighted by Crippen LogP contribution is 2.36. The van der Waals surface area contributed by atoms with Gasteiger partial charge in [-0.3, -0.25) is 9.69 Å². The molecule has 0 saturated carbocycles. The van der Waals surface area contributed by atoms with Gasteiger partial charge in [0.25, 0.3) is 0 Å². The van der Waals surface area contributed by atoms with Crippen LogP contribution in [0.25, 0.3) is 0 Å². The van der Waals surface area contributed by atoms with Crippen LogP contribution in [0.4, 0.5) is 10.5 Å². The van der Waals surface area contributed by atoms with E-state index in [2.05, 4.69) is 24.4 Å². The van der Waals surface area contributed by atoms with Crippen LogP contribution in [-0.2, 0) is 4.79 Å². The molecule has 2 aliphatic heterocycles. The first-order chi connectivity index (χ1) is 15.4. The number of nitrogens with one attached hydrogen (secondary N) is 1. The Labute approximate surface area is 194 Å². The Balaban J connectivity index is 1.31. The molecule has 2 aromatic carbocycles. The van der Waals surface area contributed by atoms with Gasteiger partial charge in [0.2, 0.25) is 5.91 Å². The summed E-state index contributed by atoms with van der Waals surface area (Å²) in [5, 5.41) is 3.67. The summed E-state index contributed by atoms with van der Waals surface area (Å²) in [5.41, 5.74) is 1.92. The molecule has 4 rings (SSSR count). The van der Waals surface area contributed by atoms with Crippen molar-refractivity contribution < 1.29 is 14.3 Å². The van der Waals surface area contributed by atoms with Gasteiger partial charge in [0.1, 0.15) is 11.9 Å². The molecule has 1 N–H and O–H groups in total. The van der Waals surface area contributed by atoms with Crippen molar-refractivity contribution in [2.45, 2.75) is 38.7 Å². The summed E-state index contributed by atoms with van der Waals surface area (Å²) in [4.78, 5) is 29.6. The van der Waals surface area contributed by atoms with Crippen LogP contribution in [0, 0.1) is 5.92 Å². The summed E-state index contributed by atoms with van der Waals surface area (Å²) in [6, 6.07) is 15.5. The molecule has 0 spiro atoms. The minimum atomic E-state index is -0.0949. The topological polar surface area (TPSA) is 61.9 Å². The summed E-state index contributed by atoms with van der Waals surface area (Å²) in [6.07, 6.45) is 1.24. The summed E-state index contributed by atoms with van der Waals surface area (Å²) < 4.78 is 5.86. The van der Waals surface area contributed by atoms with E-state index < -0.39 is 0 Å². The largest absolute Gasteiger partial charge is 0.487 e. The van der Waals surface area contributed by atoms with Gasteiger partial charge >= 0.3 is 6.03 Å². The molecule has 0 unspecified atom stereocenters. The van der Waals surface area contributed by atoms with Crippen LogP contribution in [0.5, 0.6) is 5.75 Å². The zero-order valence-electron chi connectivity index (χ0n) is 18.6. The first kappa shape index (κ1) is 22.5. The van der Waals surface area contributed by atoms with E-state index in [1.165, 1.54) is 5.56 Å². The van der Waals surface area contributed by atoms with Gasteiger partial charge in [-0.1, -0.05) is 48.9 Å². The van der Waals surface area contributed by atoms with Crippen LogP contribution in [0.3, 0.4) is 0 Å². The highest BCUT2D eigenvalue weighted by atomic mass is 35.5. The number of anilines is 1. The summed E-state index contributed by atoms with van der Waals surface area (Å²) >= 11 is 6.16. The second-order valence-corrected chi connectivity index (χ2v) is 9.19. The number of ether oxygens (including phenoxy) is 1. The van der Waals surface area contributed by atoms with Gasteiger partial charge in [-0.25, -0.2) is 4.79 Å². The second-order valence-electron chi connectivity index (χ2n) is 8.75. The van der Waals surface area contributed by atoms with Crippen LogP contribution in [0.2, 0.25) is 5.02 Å². The van der Waals surface area contributed by atoms with Crippen LogP contribution in [0.1, 0.15) is 38.2 Å². The van der Waals surface area contributed by atoms with Crippen molar-refractivity contribution in [3.05, 3.63) is 59.1 Å². The third kappa shape index (κ3) is 5.01. The van der Waals surface area contributed by atoms with Gasteiger partial charge in [0.15, 0.2) is 0 Å². The number of amides is 3. The van der Waals surface area contributed by atoms with E-state index in [1.807, 2.05) is 30.0 Å². The number of halogens is 1. The number of rotatable bonds is 4. The number of carbonyl (C=O) groups is 2. The smallest absolute Gasteiger partial charge is 0.324 e. The molecule has 0 bridgehead atoms. The fourth-order valence-corrected chi connectivity index (χ4v) is 4.56. The molecule has 2 atom stereocenters. The third-order valence-electron chi connectivity index (χ3n) is 6.30. The number of urea groups is 1.